The second-order valence-electron chi connectivity index (χ2n) is 6.19. The molecule has 3 nitrogen and oxygen atoms in total. The maximum absolute atomic E-state index is 5.72. The van der Waals surface area contributed by atoms with Crippen molar-refractivity contribution in [1.82, 2.24) is 10.2 Å². The van der Waals surface area contributed by atoms with E-state index in [-0.39, 0.29) is 0 Å². The van der Waals surface area contributed by atoms with Gasteiger partial charge in [0.25, 0.3) is 0 Å². The van der Waals surface area contributed by atoms with Crippen molar-refractivity contribution in [3.8, 4) is 0 Å². The van der Waals surface area contributed by atoms with Crippen LogP contribution in [0.2, 0.25) is 0 Å². The van der Waals surface area contributed by atoms with Crippen LogP contribution in [-0.2, 0) is 4.74 Å². The van der Waals surface area contributed by atoms with Crippen LogP contribution in [0.4, 0.5) is 0 Å². The lowest BCUT2D eigenvalue weighted by molar-refractivity contribution is -0.0502. The molecular formula is C18H30N2O. The lowest BCUT2D eigenvalue weighted by Crippen LogP contribution is -2.48. The van der Waals surface area contributed by atoms with Crippen LogP contribution < -0.4 is 5.32 Å². The fraction of sp³-hybridized carbons (Fsp3) is 0.667. The van der Waals surface area contributed by atoms with Crippen LogP contribution >= 0.6 is 0 Å². The first kappa shape index (κ1) is 16.5. The highest BCUT2D eigenvalue weighted by atomic mass is 16.5. The highest BCUT2D eigenvalue weighted by Crippen LogP contribution is 2.19. The Labute approximate surface area is 129 Å². The minimum absolute atomic E-state index is 0.361. The van der Waals surface area contributed by atoms with Crippen LogP contribution in [-0.4, -0.2) is 43.3 Å². The molecule has 0 aliphatic carbocycles. The molecule has 1 aromatic carbocycles. The maximum atomic E-state index is 5.72. The molecule has 1 aliphatic rings. The van der Waals surface area contributed by atoms with Gasteiger partial charge in [0, 0.05) is 25.2 Å². The first-order valence-corrected chi connectivity index (χ1v) is 8.34. The average molecular weight is 290 g/mol. The highest BCUT2D eigenvalue weighted by molar-refractivity contribution is 5.18. The standard InChI is InChI=1S/C18H30N2O/c1-4-11-19-18(17-8-6-5-7-9-17)10-12-20-13-16(3)21-14-15(20)2/h5-9,15-16,18-19H,4,10-14H2,1-3H3. The van der Waals surface area contributed by atoms with Crippen molar-refractivity contribution in [2.75, 3.05) is 26.2 Å². The second kappa shape index (κ2) is 8.52. The van der Waals surface area contributed by atoms with Crippen molar-refractivity contribution in [1.29, 1.82) is 0 Å². The zero-order chi connectivity index (χ0) is 15.1. The van der Waals surface area contributed by atoms with Gasteiger partial charge in [-0.15, -0.1) is 0 Å². The molecule has 0 spiro atoms. The summed E-state index contributed by atoms with van der Waals surface area (Å²) in [6.07, 6.45) is 2.69. The van der Waals surface area contributed by atoms with Crippen LogP contribution in [0.15, 0.2) is 30.3 Å². The Kier molecular flexibility index (Phi) is 6.68. The Bertz CT molecular complexity index is 395. The number of morpholine rings is 1. The quantitative estimate of drug-likeness (QED) is 0.834. The third kappa shape index (κ3) is 5.10. The fourth-order valence-electron chi connectivity index (χ4n) is 2.97. The topological polar surface area (TPSA) is 24.5 Å². The summed E-state index contributed by atoms with van der Waals surface area (Å²) in [5.41, 5.74) is 1.40. The zero-order valence-electron chi connectivity index (χ0n) is 13.7. The minimum Gasteiger partial charge on any atom is -0.376 e. The number of rotatable bonds is 7. The number of hydrogen-bond acceptors (Lipinski definition) is 3. The van der Waals surface area contributed by atoms with Crippen LogP contribution in [0, 0.1) is 0 Å². The van der Waals surface area contributed by atoms with Gasteiger partial charge < -0.3 is 10.1 Å². The molecule has 3 heteroatoms. The van der Waals surface area contributed by atoms with Crippen LogP contribution in [0.25, 0.3) is 0 Å². The first-order chi connectivity index (χ1) is 10.2. The lowest BCUT2D eigenvalue weighted by atomic mass is 10.0. The predicted molar refractivity (Wildman–Crippen MR) is 88.5 cm³/mol. The second-order valence-corrected chi connectivity index (χ2v) is 6.19. The van der Waals surface area contributed by atoms with Gasteiger partial charge in [0.1, 0.15) is 0 Å². The fourth-order valence-corrected chi connectivity index (χ4v) is 2.97. The zero-order valence-corrected chi connectivity index (χ0v) is 13.7. The summed E-state index contributed by atoms with van der Waals surface area (Å²) < 4.78 is 5.72. The SMILES string of the molecule is CCCNC(CCN1CC(C)OCC1C)c1ccccc1. The van der Waals surface area contributed by atoms with Crippen molar-refractivity contribution in [2.24, 2.45) is 0 Å². The van der Waals surface area contributed by atoms with Gasteiger partial charge in [-0.1, -0.05) is 37.3 Å². The average Bonchev–Trinajstić information content (AvgIpc) is 2.51. The Balaban J connectivity index is 1.92. The van der Waals surface area contributed by atoms with Gasteiger partial charge in [-0.3, -0.25) is 4.90 Å². The molecule has 1 heterocycles. The molecule has 118 valence electrons. The molecule has 21 heavy (non-hydrogen) atoms. The summed E-state index contributed by atoms with van der Waals surface area (Å²) in [5, 5.41) is 3.69. The molecule has 3 unspecified atom stereocenters. The van der Waals surface area contributed by atoms with E-state index in [2.05, 4.69) is 61.3 Å². The molecule has 0 bridgehead atoms. The van der Waals surface area contributed by atoms with Crippen LogP contribution in [0.3, 0.4) is 0 Å². The normalized spacial score (nSPS) is 24.9. The first-order valence-electron chi connectivity index (χ1n) is 8.34. The van der Waals surface area contributed by atoms with E-state index in [1.807, 2.05) is 0 Å². The van der Waals surface area contributed by atoms with Gasteiger partial charge >= 0.3 is 0 Å². The molecule has 3 atom stereocenters. The summed E-state index contributed by atoms with van der Waals surface area (Å²) in [4.78, 5) is 2.57. The molecule has 2 rings (SSSR count). The van der Waals surface area contributed by atoms with E-state index in [0.29, 0.717) is 18.2 Å². The molecule has 0 radical (unpaired) electrons. The molecule has 1 N–H and O–H groups in total. The highest BCUT2D eigenvalue weighted by Gasteiger charge is 2.24. The largest absolute Gasteiger partial charge is 0.376 e. The monoisotopic (exact) mass is 290 g/mol. The third-order valence-electron chi connectivity index (χ3n) is 4.28. The van der Waals surface area contributed by atoms with E-state index >= 15 is 0 Å². The number of nitrogens with one attached hydrogen (secondary N) is 1. The maximum Gasteiger partial charge on any atom is 0.0674 e. The molecule has 0 amide bonds. The smallest absolute Gasteiger partial charge is 0.0674 e. The molecule has 1 aliphatic heterocycles. The molecule has 1 aromatic rings. The van der Waals surface area contributed by atoms with Gasteiger partial charge in [0.15, 0.2) is 0 Å². The summed E-state index contributed by atoms with van der Waals surface area (Å²) in [6, 6.07) is 11.8. The van der Waals surface area contributed by atoms with E-state index in [1.54, 1.807) is 0 Å². The Morgan fingerprint density at radius 1 is 1.29 bits per heavy atom. The van der Waals surface area contributed by atoms with E-state index in [4.69, 9.17) is 4.74 Å². The predicted octanol–water partition coefficient (Wildman–Crippen LogP) is 3.23. The van der Waals surface area contributed by atoms with Gasteiger partial charge in [-0.2, -0.15) is 0 Å². The Morgan fingerprint density at radius 3 is 2.76 bits per heavy atom. The Hall–Kier alpha value is -0.900. The Morgan fingerprint density at radius 2 is 2.05 bits per heavy atom. The van der Waals surface area contributed by atoms with Crippen molar-refractivity contribution in [3.63, 3.8) is 0 Å². The number of hydrogen-bond donors (Lipinski definition) is 1. The van der Waals surface area contributed by atoms with Crippen molar-refractivity contribution in [3.05, 3.63) is 35.9 Å². The van der Waals surface area contributed by atoms with E-state index in [9.17, 15) is 0 Å². The molecule has 0 aromatic heterocycles. The lowest BCUT2D eigenvalue weighted by Gasteiger charge is -2.37. The minimum atomic E-state index is 0.361. The van der Waals surface area contributed by atoms with Crippen molar-refractivity contribution in [2.45, 2.75) is 51.8 Å². The number of benzene rings is 1. The van der Waals surface area contributed by atoms with E-state index < -0.39 is 0 Å². The molecule has 0 saturated carbocycles. The van der Waals surface area contributed by atoms with Crippen molar-refractivity contribution >= 4 is 0 Å². The number of nitrogens with zero attached hydrogens (tertiary/aromatic N) is 1. The molecular weight excluding hydrogens is 260 g/mol. The molecule has 1 fully saturated rings. The summed E-state index contributed by atoms with van der Waals surface area (Å²) >= 11 is 0. The van der Waals surface area contributed by atoms with E-state index in [1.165, 1.54) is 12.0 Å². The van der Waals surface area contributed by atoms with Crippen LogP contribution in [0.5, 0.6) is 0 Å². The van der Waals surface area contributed by atoms with Gasteiger partial charge in [0.2, 0.25) is 0 Å². The number of ether oxygens (including phenoxy) is 1. The summed E-state index contributed by atoms with van der Waals surface area (Å²) in [6.45, 7) is 10.8. The summed E-state index contributed by atoms with van der Waals surface area (Å²) in [7, 11) is 0. The summed E-state index contributed by atoms with van der Waals surface area (Å²) in [5.74, 6) is 0. The van der Waals surface area contributed by atoms with Crippen LogP contribution in [0.1, 0.15) is 45.2 Å². The van der Waals surface area contributed by atoms with Gasteiger partial charge in [-0.05, 0) is 38.8 Å². The van der Waals surface area contributed by atoms with Gasteiger partial charge in [-0.25, -0.2) is 0 Å². The molecule has 1 saturated heterocycles. The van der Waals surface area contributed by atoms with Gasteiger partial charge in [0.05, 0.1) is 12.7 Å². The van der Waals surface area contributed by atoms with E-state index in [0.717, 1.165) is 32.7 Å². The van der Waals surface area contributed by atoms with Crippen molar-refractivity contribution < 1.29 is 4.74 Å². The third-order valence-corrected chi connectivity index (χ3v) is 4.28.